The van der Waals surface area contributed by atoms with Gasteiger partial charge in [0.05, 0.1) is 13.3 Å². The van der Waals surface area contributed by atoms with Gasteiger partial charge in [-0.25, -0.2) is 0 Å². The van der Waals surface area contributed by atoms with Crippen molar-refractivity contribution in [2.75, 3.05) is 19.0 Å². The van der Waals surface area contributed by atoms with Crippen LogP contribution >= 0.6 is 11.6 Å². The van der Waals surface area contributed by atoms with Gasteiger partial charge >= 0.3 is 0 Å². The van der Waals surface area contributed by atoms with Gasteiger partial charge in [-0.05, 0) is 54.4 Å². The molecule has 31 heavy (non-hydrogen) atoms. The molecule has 0 spiro atoms. The smallest absolute Gasteiger partial charge is 0.265 e. The molecule has 160 valence electrons. The van der Waals surface area contributed by atoms with Crippen LogP contribution in [0.1, 0.15) is 16.7 Å². The summed E-state index contributed by atoms with van der Waals surface area (Å²) >= 11 is 5.90. The quantitative estimate of drug-likeness (QED) is 0.367. The lowest BCUT2D eigenvalue weighted by Gasteiger charge is -2.11. The number of para-hydroxylation sites is 1. The van der Waals surface area contributed by atoms with Crippen LogP contribution in [0, 0.1) is 6.92 Å². The highest BCUT2D eigenvalue weighted by Crippen LogP contribution is 2.28. The number of hydrogen-bond donors (Lipinski definition) is 1. The summed E-state index contributed by atoms with van der Waals surface area (Å²) in [6, 6.07) is 20.4. The molecule has 0 aliphatic heterocycles. The number of oxime groups is 1. The Kier molecular flexibility index (Phi) is 7.90. The van der Waals surface area contributed by atoms with Crippen molar-refractivity contribution < 1.29 is 19.1 Å². The zero-order valence-electron chi connectivity index (χ0n) is 17.3. The van der Waals surface area contributed by atoms with Gasteiger partial charge in [0.2, 0.25) is 0 Å². The summed E-state index contributed by atoms with van der Waals surface area (Å²) in [5, 5.41) is 7.32. The third-order valence-electron chi connectivity index (χ3n) is 4.39. The summed E-state index contributed by atoms with van der Waals surface area (Å²) in [7, 11) is 1.57. The molecule has 3 aromatic rings. The van der Waals surface area contributed by atoms with Crippen molar-refractivity contribution in [2.24, 2.45) is 5.16 Å². The van der Waals surface area contributed by atoms with E-state index in [2.05, 4.69) is 10.5 Å². The van der Waals surface area contributed by atoms with Gasteiger partial charge in [0, 0.05) is 16.3 Å². The fourth-order valence-corrected chi connectivity index (χ4v) is 2.84. The van der Waals surface area contributed by atoms with E-state index in [-0.39, 0.29) is 12.5 Å². The Morgan fingerprint density at radius 3 is 2.58 bits per heavy atom. The van der Waals surface area contributed by atoms with Crippen LogP contribution in [0.3, 0.4) is 0 Å². The predicted octanol–water partition coefficient (Wildman–Crippen LogP) is 5.23. The number of hydrogen-bond acceptors (Lipinski definition) is 5. The molecule has 6 nitrogen and oxygen atoms in total. The number of anilines is 1. The molecule has 0 saturated heterocycles. The van der Waals surface area contributed by atoms with E-state index in [1.807, 2.05) is 61.5 Å². The van der Waals surface area contributed by atoms with E-state index < -0.39 is 0 Å². The van der Waals surface area contributed by atoms with Crippen LogP contribution in [0.4, 0.5) is 5.69 Å². The SMILES string of the molecule is COc1cc(/C=N/OCC(=O)Nc2ccccc2C)ccc1OCc1ccc(Cl)cc1. The number of ether oxygens (including phenoxy) is 2. The molecule has 7 heteroatoms. The largest absolute Gasteiger partial charge is 0.493 e. The molecule has 0 aliphatic carbocycles. The molecule has 1 N–H and O–H groups in total. The van der Waals surface area contributed by atoms with Crippen molar-refractivity contribution in [3.8, 4) is 11.5 Å². The van der Waals surface area contributed by atoms with Gasteiger partial charge in [-0.2, -0.15) is 0 Å². The average Bonchev–Trinajstić information content (AvgIpc) is 2.78. The number of carbonyl (C=O) groups excluding carboxylic acids is 1. The molecule has 3 aromatic carbocycles. The molecule has 0 saturated carbocycles. The maximum absolute atomic E-state index is 12.0. The molecule has 0 unspecified atom stereocenters. The van der Waals surface area contributed by atoms with Crippen LogP contribution in [-0.2, 0) is 16.2 Å². The molecule has 0 atom stereocenters. The minimum Gasteiger partial charge on any atom is -0.493 e. The van der Waals surface area contributed by atoms with Gasteiger partial charge in [0.25, 0.3) is 5.91 Å². The second-order valence-corrected chi connectivity index (χ2v) is 7.13. The van der Waals surface area contributed by atoms with Crippen molar-refractivity contribution in [1.29, 1.82) is 0 Å². The summed E-state index contributed by atoms with van der Waals surface area (Å²) in [6.45, 7) is 2.12. The first-order chi connectivity index (χ1) is 15.0. The van der Waals surface area contributed by atoms with Gasteiger partial charge in [0.15, 0.2) is 18.1 Å². The summed E-state index contributed by atoms with van der Waals surface area (Å²) in [5.41, 5.74) is 3.47. The minimum absolute atomic E-state index is 0.190. The Morgan fingerprint density at radius 1 is 1.06 bits per heavy atom. The Balaban J connectivity index is 1.51. The van der Waals surface area contributed by atoms with Crippen molar-refractivity contribution in [2.45, 2.75) is 13.5 Å². The Labute approximate surface area is 186 Å². The van der Waals surface area contributed by atoms with Gasteiger partial charge in [-0.1, -0.05) is 47.1 Å². The van der Waals surface area contributed by atoms with Crippen LogP contribution in [0.5, 0.6) is 11.5 Å². The highest BCUT2D eigenvalue weighted by atomic mass is 35.5. The normalized spacial score (nSPS) is 10.7. The third kappa shape index (κ3) is 6.76. The molecule has 0 heterocycles. The predicted molar refractivity (Wildman–Crippen MR) is 122 cm³/mol. The number of amides is 1. The van der Waals surface area contributed by atoms with E-state index >= 15 is 0 Å². The second-order valence-electron chi connectivity index (χ2n) is 6.70. The lowest BCUT2D eigenvalue weighted by molar-refractivity contribution is -0.120. The maximum Gasteiger partial charge on any atom is 0.265 e. The standard InChI is InChI=1S/C24H23ClN2O4/c1-17-5-3-4-6-21(17)27-24(28)16-31-26-14-19-9-12-22(23(13-19)29-2)30-15-18-7-10-20(25)11-8-18/h3-14H,15-16H2,1-2H3,(H,27,28)/b26-14+. The van der Waals surface area contributed by atoms with E-state index in [0.717, 1.165) is 22.4 Å². The lowest BCUT2D eigenvalue weighted by Crippen LogP contribution is -2.17. The lowest BCUT2D eigenvalue weighted by atomic mass is 10.2. The summed E-state index contributed by atoms with van der Waals surface area (Å²) in [4.78, 5) is 17.1. The molecular weight excluding hydrogens is 416 g/mol. The zero-order chi connectivity index (χ0) is 22.1. The topological polar surface area (TPSA) is 69.2 Å². The van der Waals surface area contributed by atoms with Crippen molar-refractivity contribution >= 4 is 29.4 Å². The second kappa shape index (κ2) is 11.0. The van der Waals surface area contributed by atoms with Crippen LogP contribution in [0.25, 0.3) is 0 Å². The first-order valence-electron chi connectivity index (χ1n) is 9.61. The molecule has 0 aliphatic rings. The summed E-state index contributed by atoms with van der Waals surface area (Å²) < 4.78 is 11.2. The number of halogens is 1. The van der Waals surface area contributed by atoms with Crippen molar-refractivity contribution in [1.82, 2.24) is 0 Å². The van der Waals surface area contributed by atoms with Crippen molar-refractivity contribution in [3.63, 3.8) is 0 Å². The number of nitrogens with one attached hydrogen (secondary N) is 1. The van der Waals surface area contributed by atoms with E-state index in [1.165, 1.54) is 6.21 Å². The fourth-order valence-electron chi connectivity index (χ4n) is 2.72. The monoisotopic (exact) mass is 438 g/mol. The molecular formula is C24H23ClN2O4. The Bertz CT molecular complexity index is 1050. The number of benzene rings is 3. The zero-order valence-corrected chi connectivity index (χ0v) is 18.1. The molecule has 1 amide bonds. The van der Waals surface area contributed by atoms with Crippen LogP contribution in [0.15, 0.2) is 71.9 Å². The van der Waals surface area contributed by atoms with E-state index in [9.17, 15) is 4.79 Å². The van der Waals surface area contributed by atoms with E-state index in [0.29, 0.717) is 23.1 Å². The molecule has 0 fully saturated rings. The van der Waals surface area contributed by atoms with Gasteiger partial charge < -0.3 is 19.6 Å². The van der Waals surface area contributed by atoms with Gasteiger partial charge in [0.1, 0.15) is 6.61 Å². The van der Waals surface area contributed by atoms with Gasteiger partial charge in [-0.3, -0.25) is 4.79 Å². The average molecular weight is 439 g/mol. The summed E-state index contributed by atoms with van der Waals surface area (Å²) in [5.74, 6) is 0.887. The summed E-state index contributed by atoms with van der Waals surface area (Å²) in [6.07, 6.45) is 1.51. The molecule has 3 rings (SSSR count). The highest BCUT2D eigenvalue weighted by Gasteiger charge is 2.07. The molecule has 0 bridgehead atoms. The van der Waals surface area contributed by atoms with Crippen LogP contribution in [-0.4, -0.2) is 25.8 Å². The highest BCUT2D eigenvalue weighted by molar-refractivity contribution is 6.30. The van der Waals surface area contributed by atoms with E-state index in [4.69, 9.17) is 25.9 Å². The van der Waals surface area contributed by atoms with E-state index in [1.54, 1.807) is 19.2 Å². The number of carbonyl (C=O) groups is 1. The van der Waals surface area contributed by atoms with Gasteiger partial charge in [-0.15, -0.1) is 0 Å². The number of nitrogens with zero attached hydrogens (tertiary/aromatic N) is 1. The first kappa shape index (κ1) is 22.2. The minimum atomic E-state index is -0.282. The maximum atomic E-state index is 12.0. The number of rotatable bonds is 9. The number of aryl methyl sites for hydroxylation is 1. The fraction of sp³-hybridized carbons (Fsp3) is 0.167. The number of methoxy groups -OCH3 is 1. The third-order valence-corrected chi connectivity index (χ3v) is 4.64. The first-order valence-corrected chi connectivity index (χ1v) is 9.99. The Hall–Kier alpha value is -3.51. The molecule has 0 radical (unpaired) electrons. The van der Waals surface area contributed by atoms with Crippen LogP contribution < -0.4 is 14.8 Å². The molecule has 0 aromatic heterocycles. The van der Waals surface area contributed by atoms with Crippen LogP contribution in [0.2, 0.25) is 5.02 Å². The Morgan fingerprint density at radius 2 is 1.84 bits per heavy atom. The van der Waals surface area contributed by atoms with Crippen molar-refractivity contribution in [3.05, 3.63) is 88.4 Å².